The van der Waals surface area contributed by atoms with Crippen molar-refractivity contribution in [2.24, 2.45) is 5.92 Å². The first kappa shape index (κ1) is 15.6. The number of ether oxygens (including phenoxy) is 1. The van der Waals surface area contributed by atoms with Crippen molar-refractivity contribution < 1.29 is 9.53 Å². The van der Waals surface area contributed by atoms with Gasteiger partial charge in [-0.25, -0.2) is 4.98 Å². The van der Waals surface area contributed by atoms with Crippen molar-refractivity contribution >= 4 is 39.2 Å². The number of nitrogens with zero attached hydrogens (tertiary/aromatic N) is 1. The average molecular weight is 336 g/mol. The number of hydrogen-bond donors (Lipinski definition) is 1. The summed E-state index contributed by atoms with van der Waals surface area (Å²) >= 11 is 3.29. The minimum Gasteiger partial charge on any atom is -0.497 e. The van der Waals surface area contributed by atoms with Crippen molar-refractivity contribution in [2.45, 2.75) is 37.3 Å². The highest BCUT2D eigenvalue weighted by Gasteiger charge is 2.54. The van der Waals surface area contributed by atoms with E-state index in [1.807, 2.05) is 32.0 Å². The predicted molar refractivity (Wildman–Crippen MR) is 92.5 cm³/mol. The number of aromatic nitrogens is 1. The Morgan fingerprint density at radius 3 is 2.59 bits per heavy atom. The number of fused-ring (bicyclic) bond motifs is 1. The number of benzene rings is 1. The van der Waals surface area contributed by atoms with Crippen LogP contribution in [0.25, 0.3) is 10.2 Å². The standard InChI is InChI=1S/C16H20N2O2S2/c1-9(2)16(18-13(19)15(3,4)22-16)14-17-11-7-6-10(20-5)8-12(11)21-14/h6-9H,1-5H3,(H,18,19). The predicted octanol–water partition coefficient (Wildman–Crippen LogP) is 3.76. The smallest absolute Gasteiger partial charge is 0.237 e. The highest BCUT2D eigenvalue weighted by atomic mass is 32.2. The van der Waals surface area contributed by atoms with Crippen LogP contribution in [-0.4, -0.2) is 22.7 Å². The molecule has 1 unspecified atom stereocenters. The molecule has 1 aromatic carbocycles. The molecule has 0 spiro atoms. The van der Waals surface area contributed by atoms with Gasteiger partial charge < -0.3 is 10.1 Å². The van der Waals surface area contributed by atoms with Crippen molar-refractivity contribution in [3.63, 3.8) is 0 Å². The van der Waals surface area contributed by atoms with Gasteiger partial charge in [-0.15, -0.1) is 23.1 Å². The quantitative estimate of drug-likeness (QED) is 0.927. The van der Waals surface area contributed by atoms with E-state index in [2.05, 4.69) is 19.2 Å². The van der Waals surface area contributed by atoms with Crippen LogP contribution in [0.3, 0.4) is 0 Å². The van der Waals surface area contributed by atoms with Crippen LogP contribution in [0, 0.1) is 5.92 Å². The largest absolute Gasteiger partial charge is 0.497 e. The van der Waals surface area contributed by atoms with E-state index in [0.717, 1.165) is 21.0 Å². The summed E-state index contributed by atoms with van der Waals surface area (Å²) in [5, 5.41) is 4.16. The molecule has 0 radical (unpaired) electrons. The van der Waals surface area contributed by atoms with E-state index in [1.54, 1.807) is 30.2 Å². The molecule has 0 saturated carbocycles. The molecule has 118 valence electrons. The van der Waals surface area contributed by atoms with E-state index < -0.39 is 9.62 Å². The van der Waals surface area contributed by atoms with Crippen LogP contribution in [0.2, 0.25) is 0 Å². The fraction of sp³-hybridized carbons (Fsp3) is 0.500. The Kier molecular flexibility index (Phi) is 3.64. The van der Waals surface area contributed by atoms with Gasteiger partial charge in [0.05, 0.1) is 22.1 Å². The van der Waals surface area contributed by atoms with Crippen molar-refractivity contribution in [3.8, 4) is 5.75 Å². The topological polar surface area (TPSA) is 51.2 Å². The molecule has 0 aliphatic carbocycles. The summed E-state index contributed by atoms with van der Waals surface area (Å²) in [7, 11) is 1.66. The van der Waals surface area contributed by atoms with Gasteiger partial charge in [0.15, 0.2) is 0 Å². The van der Waals surface area contributed by atoms with Gasteiger partial charge in [-0.1, -0.05) is 13.8 Å². The Balaban J connectivity index is 2.12. The lowest BCUT2D eigenvalue weighted by Gasteiger charge is -2.31. The van der Waals surface area contributed by atoms with Gasteiger partial charge >= 0.3 is 0 Å². The highest BCUT2D eigenvalue weighted by molar-refractivity contribution is 8.02. The zero-order chi connectivity index (χ0) is 16.1. The minimum absolute atomic E-state index is 0.0723. The molecule has 3 rings (SSSR count). The second-order valence-corrected chi connectivity index (χ2v) is 9.21. The van der Waals surface area contributed by atoms with Crippen LogP contribution in [0.5, 0.6) is 5.75 Å². The molecule has 6 heteroatoms. The Morgan fingerprint density at radius 1 is 1.32 bits per heavy atom. The third kappa shape index (κ3) is 2.29. The van der Waals surface area contributed by atoms with E-state index in [9.17, 15) is 4.79 Å². The highest BCUT2D eigenvalue weighted by Crippen LogP contribution is 2.53. The first-order chi connectivity index (χ1) is 10.3. The molecule has 1 saturated heterocycles. The second kappa shape index (κ2) is 5.13. The molecule has 2 aromatic rings. The molecule has 22 heavy (non-hydrogen) atoms. The lowest BCUT2D eigenvalue weighted by atomic mass is 10.0. The zero-order valence-electron chi connectivity index (χ0n) is 13.4. The van der Waals surface area contributed by atoms with Crippen molar-refractivity contribution in [1.29, 1.82) is 0 Å². The summed E-state index contributed by atoms with van der Waals surface area (Å²) < 4.78 is 5.92. The van der Waals surface area contributed by atoms with E-state index in [-0.39, 0.29) is 11.8 Å². The summed E-state index contributed by atoms with van der Waals surface area (Å²) in [5.41, 5.74) is 0.945. The fourth-order valence-electron chi connectivity index (χ4n) is 2.59. The molecular weight excluding hydrogens is 316 g/mol. The zero-order valence-corrected chi connectivity index (χ0v) is 15.0. The van der Waals surface area contributed by atoms with Crippen LogP contribution in [0.1, 0.15) is 32.7 Å². The molecule has 4 nitrogen and oxygen atoms in total. The maximum atomic E-state index is 12.3. The summed E-state index contributed by atoms with van der Waals surface area (Å²) in [4.78, 5) is 16.7. The van der Waals surface area contributed by atoms with Gasteiger partial charge in [0.25, 0.3) is 0 Å². The number of thiazole rings is 1. The third-order valence-corrected chi connectivity index (χ3v) is 7.06. The Morgan fingerprint density at radius 2 is 2.05 bits per heavy atom. The first-order valence-electron chi connectivity index (χ1n) is 7.26. The lowest BCUT2D eigenvalue weighted by Crippen LogP contribution is -2.42. The average Bonchev–Trinajstić information content (AvgIpc) is 2.98. The molecule has 1 amide bonds. The summed E-state index contributed by atoms with van der Waals surface area (Å²) in [6, 6.07) is 5.88. The van der Waals surface area contributed by atoms with Crippen molar-refractivity contribution in [3.05, 3.63) is 23.2 Å². The number of methoxy groups -OCH3 is 1. The third-order valence-electron chi connectivity index (χ3n) is 3.99. The van der Waals surface area contributed by atoms with Crippen molar-refractivity contribution in [1.82, 2.24) is 10.3 Å². The molecule has 1 atom stereocenters. The van der Waals surface area contributed by atoms with E-state index in [0.29, 0.717) is 0 Å². The molecule has 0 bridgehead atoms. The van der Waals surface area contributed by atoms with Gasteiger partial charge in [0.1, 0.15) is 15.6 Å². The SMILES string of the molecule is COc1ccc2nc(C3(C(C)C)NC(=O)C(C)(C)S3)sc2c1. The monoisotopic (exact) mass is 336 g/mol. The Labute approximate surface area is 138 Å². The number of nitrogens with one attached hydrogen (secondary N) is 1. The molecule has 1 aromatic heterocycles. The van der Waals surface area contributed by atoms with Crippen LogP contribution in [-0.2, 0) is 9.67 Å². The van der Waals surface area contributed by atoms with Crippen LogP contribution in [0.15, 0.2) is 18.2 Å². The Bertz CT molecular complexity index is 739. The molecule has 1 N–H and O–H groups in total. The number of hydrogen-bond acceptors (Lipinski definition) is 5. The van der Waals surface area contributed by atoms with E-state index in [4.69, 9.17) is 9.72 Å². The summed E-state index contributed by atoms with van der Waals surface area (Å²) in [6.45, 7) is 8.18. The number of carbonyl (C=O) groups is 1. The van der Waals surface area contributed by atoms with Gasteiger partial charge in [-0.2, -0.15) is 0 Å². The van der Waals surface area contributed by atoms with Crippen LogP contribution >= 0.6 is 23.1 Å². The van der Waals surface area contributed by atoms with Crippen molar-refractivity contribution in [2.75, 3.05) is 7.11 Å². The first-order valence-corrected chi connectivity index (χ1v) is 8.89. The normalized spacial score (nSPS) is 24.0. The summed E-state index contributed by atoms with van der Waals surface area (Å²) in [5.74, 6) is 1.14. The number of carbonyl (C=O) groups excluding carboxylic acids is 1. The molecule has 1 aliphatic rings. The van der Waals surface area contributed by atoms with Gasteiger partial charge in [-0.05, 0) is 38.0 Å². The molecule has 1 fully saturated rings. The summed E-state index contributed by atoms with van der Waals surface area (Å²) in [6.07, 6.45) is 0. The molecule has 1 aliphatic heterocycles. The second-order valence-electron chi connectivity index (χ2n) is 6.31. The fourth-order valence-corrected chi connectivity index (χ4v) is 5.49. The maximum absolute atomic E-state index is 12.3. The van der Waals surface area contributed by atoms with E-state index in [1.165, 1.54) is 0 Å². The number of amides is 1. The van der Waals surface area contributed by atoms with Crippen LogP contribution in [0.4, 0.5) is 0 Å². The number of rotatable bonds is 3. The van der Waals surface area contributed by atoms with Gasteiger partial charge in [0.2, 0.25) is 5.91 Å². The molecular formula is C16H20N2O2S2. The van der Waals surface area contributed by atoms with E-state index >= 15 is 0 Å². The lowest BCUT2D eigenvalue weighted by molar-refractivity contribution is -0.122. The minimum atomic E-state index is -0.461. The molecule has 2 heterocycles. The Hall–Kier alpha value is -1.27. The van der Waals surface area contributed by atoms with Gasteiger partial charge in [-0.3, -0.25) is 4.79 Å². The maximum Gasteiger partial charge on any atom is 0.237 e. The van der Waals surface area contributed by atoms with Crippen LogP contribution < -0.4 is 10.1 Å². The number of thioether (sulfide) groups is 1. The van der Waals surface area contributed by atoms with Gasteiger partial charge in [0, 0.05) is 0 Å².